The van der Waals surface area contributed by atoms with E-state index in [2.05, 4.69) is 10.6 Å². The van der Waals surface area contributed by atoms with Crippen molar-refractivity contribution in [1.29, 1.82) is 0 Å². The Morgan fingerprint density at radius 3 is 2.38 bits per heavy atom. The third-order valence-electron chi connectivity index (χ3n) is 3.43. The normalized spacial score (nSPS) is 10.1. The van der Waals surface area contributed by atoms with Crippen LogP contribution in [0.5, 0.6) is 5.75 Å². The Hall–Kier alpha value is -2.86. The lowest BCUT2D eigenvalue weighted by molar-refractivity contribution is -0.116. The second kappa shape index (κ2) is 8.12. The largest absolute Gasteiger partial charge is 0.497 e. The van der Waals surface area contributed by atoms with E-state index >= 15 is 0 Å². The highest BCUT2D eigenvalue weighted by Crippen LogP contribution is 2.27. The monoisotopic (exact) mass is 327 g/mol. The van der Waals surface area contributed by atoms with Crippen molar-refractivity contribution in [2.45, 2.75) is 13.3 Å². The van der Waals surface area contributed by atoms with Crippen LogP contribution in [-0.2, 0) is 4.79 Å². The van der Waals surface area contributed by atoms with Crippen molar-refractivity contribution < 1.29 is 14.3 Å². The van der Waals surface area contributed by atoms with Crippen molar-refractivity contribution in [2.24, 2.45) is 5.73 Å². The van der Waals surface area contributed by atoms with E-state index in [1.807, 2.05) is 19.1 Å². The van der Waals surface area contributed by atoms with Crippen LogP contribution in [0.15, 0.2) is 42.5 Å². The van der Waals surface area contributed by atoms with Crippen LogP contribution in [0.1, 0.15) is 22.3 Å². The first-order valence-electron chi connectivity index (χ1n) is 7.59. The molecule has 2 rings (SSSR count). The molecule has 2 aromatic rings. The van der Waals surface area contributed by atoms with Gasteiger partial charge in [-0.1, -0.05) is 17.7 Å². The average molecular weight is 327 g/mol. The molecule has 0 aliphatic carbocycles. The van der Waals surface area contributed by atoms with Gasteiger partial charge in [-0.25, -0.2) is 0 Å². The van der Waals surface area contributed by atoms with E-state index in [1.165, 1.54) is 7.11 Å². The van der Waals surface area contributed by atoms with Gasteiger partial charge in [0.2, 0.25) is 5.91 Å². The second-order valence-corrected chi connectivity index (χ2v) is 5.32. The maximum Gasteiger partial charge on any atom is 0.255 e. The van der Waals surface area contributed by atoms with Crippen LogP contribution in [0.3, 0.4) is 0 Å². The summed E-state index contributed by atoms with van der Waals surface area (Å²) in [6, 6.07) is 12.3. The highest BCUT2D eigenvalue weighted by molar-refractivity contribution is 6.07. The summed E-state index contributed by atoms with van der Waals surface area (Å²) in [6.45, 7) is 2.21. The molecule has 0 aromatic heterocycles. The summed E-state index contributed by atoms with van der Waals surface area (Å²) in [5.74, 6) is 0.0949. The van der Waals surface area contributed by atoms with Gasteiger partial charge in [-0.3, -0.25) is 9.59 Å². The van der Waals surface area contributed by atoms with E-state index in [0.29, 0.717) is 22.7 Å². The maximum absolute atomic E-state index is 12.4. The zero-order chi connectivity index (χ0) is 17.5. The average Bonchev–Trinajstić information content (AvgIpc) is 2.57. The number of carbonyl (C=O) groups excluding carboxylic acids is 2. The van der Waals surface area contributed by atoms with Gasteiger partial charge in [0.25, 0.3) is 5.91 Å². The third kappa shape index (κ3) is 4.57. The SMILES string of the molecule is COc1ccc(NC(=O)c2ccc(C)cc2)c(NC(=O)CCN)c1. The number of methoxy groups -OCH3 is 1. The highest BCUT2D eigenvalue weighted by Gasteiger charge is 2.12. The minimum Gasteiger partial charge on any atom is -0.497 e. The molecule has 0 saturated carbocycles. The molecule has 0 atom stereocenters. The summed E-state index contributed by atoms with van der Waals surface area (Å²) in [6.07, 6.45) is 0.197. The minimum atomic E-state index is -0.255. The van der Waals surface area contributed by atoms with Gasteiger partial charge >= 0.3 is 0 Å². The number of hydrogen-bond acceptors (Lipinski definition) is 4. The molecule has 4 N–H and O–H groups in total. The zero-order valence-electron chi connectivity index (χ0n) is 13.8. The Balaban J connectivity index is 2.23. The summed E-state index contributed by atoms with van der Waals surface area (Å²) < 4.78 is 5.17. The minimum absolute atomic E-state index is 0.197. The molecule has 0 aliphatic rings. The number of anilines is 2. The first-order valence-corrected chi connectivity index (χ1v) is 7.59. The van der Waals surface area contributed by atoms with E-state index in [-0.39, 0.29) is 24.8 Å². The number of nitrogens with one attached hydrogen (secondary N) is 2. The Morgan fingerprint density at radius 1 is 1.04 bits per heavy atom. The Morgan fingerprint density at radius 2 is 1.75 bits per heavy atom. The molecule has 0 fully saturated rings. The number of amides is 2. The van der Waals surface area contributed by atoms with Crippen molar-refractivity contribution in [2.75, 3.05) is 24.3 Å². The van der Waals surface area contributed by atoms with E-state index < -0.39 is 0 Å². The fourth-order valence-electron chi connectivity index (χ4n) is 2.11. The van der Waals surface area contributed by atoms with Crippen molar-refractivity contribution in [3.8, 4) is 5.75 Å². The molecule has 0 spiro atoms. The number of ether oxygens (including phenoxy) is 1. The van der Waals surface area contributed by atoms with Gasteiger partial charge in [0, 0.05) is 24.6 Å². The molecular formula is C18H21N3O3. The molecule has 24 heavy (non-hydrogen) atoms. The van der Waals surface area contributed by atoms with Crippen molar-refractivity contribution in [3.63, 3.8) is 0 Å². The maximum atomic E-state index is 12.4. The fourth-order valence-corrected chi connectivity index (χ4v) is 2.11. The van der Waals surface area contributed by atoms with E-state index in [0.717, 1.165) is 5.56 Å². The van der Waals surface area contributed by atoms with Crippen molar-refractivity contribution >= 4 is 23.2 Å². The predicted octanol–water partition coefficient (Wildman–Crippen LogP) is 2.54. The molecule has 6 nitrogen and oxygen atoms in total. The van der Waals surface area contributed by atoms with E-state index in [1.54, 1.807) is 30.3 Å². The first kappa shape index (κ1) is 17.5. The molecule has 0 radical (unpaired) electrons. The molecule has 6 heteroatoms. The molecule has 0 saturated heterocycles. The Labute approximate surface area is 141 Å². The zero-order valence-corrected chi connectivity index (χ0v) is 13.8. The van der Waals surface area contributed by atoms with Gasteiger partial charge in [-0.15, -0.1) is 0 Å². The number of hydrogen-bond donors (Lipinski definition) is 3. The van der Waals surface area contributed by atoms with Crippen molar-refractivity contribution in [1.82, 2.24) is 0 Å². The highest BCUT2D eigenvalue weighted by atomic mass is 16.5. The van der Waals surface area contributed by atoms with Gasteiger partial charge < -0.3 is 21.1 Å². The summed E-state index contributed by atoms with van der Waals surface area (Å²) in [5, 5.41) is 5.54. The molecule has 0 aliphatic heterocycles. The summed E-state index contributed by atoms with van der Waals surface area (Å²) in [4.78, 5) is 24.2. The number of nitrogens with two attached hydrogens (primary N) is 1. The second-order valence-electron chi connectivity index (χ2n) is 5.32. The standard InChI is InChI=1S/C18H21N3O3/c1-12-3-5-13(6-4-12)18(23)21-15-8-7-14(24-2)11-16(15)20-17(22)9-10-19/h3-8,11H,9-10,19H2,1-2H3,(H,20,22)(H,21,23). The third-order valence-corrected chi connectivity index (χ3v) is 3.43. The molecule has 2 amide bonds. The van der Waals surface area contributed by atoms with Crippen LogP contribution in [0, 0.1) is 6.92 Å². The van der Waals surface area contributed by atoms with Crippen molar-refractivity contribution in [3.05, 3.63) is 53.6 Å². The lowest BCUT2D eigenvalue weighted by Crippen LogP contribution is -2.19. The summed E-state index contributed by atoms with van der Waals surface area (Å²) in [5.41, 5.74) is 7.96. The lowest BCUT2D eigenvalue weighted by Gasteiger charge is -2.14. The Kier molecular flexibility index (Phi) is 5.92. The number of carbonyl (C=O) groups is 2. The smallest absolute Gasteiger partial charge is 0.255 e. The molecule has 0 unspecified atom stereocenters. The van der Waals surface area contributed by atoms with Crippen LogP contribution in [-0.4, -0.2) is 25.5 Å². The Bertz CT molecular complexity index is 727. The molecule has 126 valence electrons. The lowest BCUT2D eigenvalue weighted by atomic mass is 10.1. The summed E-state index contributed by atoms with van der Waals surface area (Å²) >= 11 is 0. The number of aryl methyl sites for hydroxylation is 1. The van der Waals surface area contributed by atoms with Gasteiger partial charge in [-0.2, -0.15) is 0 Å². The van der Waals surface area contributed by atoms with Crippen LogP contribution in [0.2, 0.25) is 0 Å². The van der Waals surface area contributed by atoms with Gasteiger partial charge in [0.05, 0.1) is 18.5 Å². The topological polar surface area (TPSA) is 93.5 Å². The molecule has 0 heterocycles. The molecule has 2 aromatic carbocycles. The van der Waals surface area contributed by atoms with Crippen LogP contribution >= 0.6 is 0 Å². The number of benzene rings is 2. The summed E-state index contributed by atoms with van der Waals surface area (Å²) in [7, 11) is 1.53. The molecule has 0 bridgehead atoms. The van der Waals surface area contributed by atoms with Gasteiger partial charge in [0.1, 0.15) is 5.75 Å². The molecular weight excluding hydrogens is 306 g/mol. The van der Waals surface area contributed by atoms with E-state index in [4.69, 9.17) is 10.5 Å². The number of rotatable bonds is 6. The van der Waals surface area contributed by atoms with Gasteiger partial charge in [0.15, 0.2) is 0 Å². The van der Waals surface area contributed by atoms with Crippen LogP contribution in [0.25, 0.3) is 0 Å². The first-order chi connectivity index (χ1) is 11.5. The van der Waals surface area contributed by atoms with E-state index in [9.17, 15) is 9.59 Å². The van der Waals surface area contributed by atoms with Crippen LogP contribution < -0.4 is 21.1 Å². The van der Waals surface area contributed by atoms with Crippen LogP contribution in [0.4, 0.5) is 11.4 Å². The quantitative estimate of drug-likeness (QED) is 0.760. The van der Waals surface area contributed by atoms with Gasteiger partial charge in [-0.05, 0) is 31.2 Å². The fraction of sp³-hybridized carbons (Fsp3) is 0.222. The predicted molar refractivity (Wildman–Crippen MR) is 94.4 cm³/mol.